The first-order valence-electron chi connectivity index (χ1n) is 11.6. The molecule has 0 radical (unpaired) electrons. The summed E-state index contributed by atoms with van der Waals surface area (Å²) in [6, 6.07) is 1.33. The van der Waals surface area contributed by atoms with E-state index in [9.17, 15) is 14.4 Å². The molecule has 2 aromatic heterocycles. The average molecular weight is 458 g/mol. The van der Waals surface area contributed by atoms with Crippen LogP contribution in [0.2, 0.25) is 0 Å². The van der Waals surface area contributed by atoms with Gasteiger partial charge in [0.25, 0.3) is 11.5 Å². The molecule has 1 fully saturated rings. The number of carbonyl (C=O) groups is 2. The molecule has 2 amide bonds. The van der Waals surface area contributed by atoms with E-state index in [1.54, 1.807) is 11.5 Å². The normalized spacial score (nSPS) is 16.7. The highest BCUT2D eigenvalue weighted by molar-refractivity contribution is 5.98. The van der Waals surface area contributed by atoms with Crippen molar-refractivity contribution in [2.24, 2.45) is 5.92 Å². The summed E-state index contributed by atoms with van der Waals surface area (Å²) in [4.78, 5) is 40.7. The minimum absolute atomic E-state index is 0.134. The van der Waals surface area contributed by atoms with Crippen LogP contribution in [-0.4, -0.2) is 51.8 Å². The van der Waals surface area contributed by atoms with Crippen molar-refractivity contribution in [2.45, 2.75) is 65.0 Å². The van der Waals surface area contributed by atoms with Crippen LogP contribution in [0, 0.1) is 12.8 Å². The fraction of sp³-hybridized carbons (Fsp3) is 0.609. The number of ether oxygens (including phenoxy) is 1. The maximum Gasteiger partial charge on any atom is 0.257 e. The predicted molar refractivity (Wildman–Crippen MR) is 119 cm³/mol. The van der Waals surface area contributed by atoms with Crippen molar-refractivity contribution in [3.63, 3.8) is 0 Å². The Kier molecular flexibility index (Phi) is 7.10. The molecular formula is C23H31N5O5. The van der Waals surface area contributed by atoms with Crippen LogP contribution >= 0.6 is 0 Å². The summed E-state index contributed by atoms with van der Waals surface area (Å²) in [5.74, 6) is 0.436. The molecule has 0 unspecified atom stereocenters. The first-order valence-corrected chi connectivity index (χ1v) is 11.6. The first-order chi connectivity index (χ1) is 16.0. The zero-order chi connectivity index (χ0) is 23.4. The number of nitrogens with zero attached hydrogens (tertiary/aromatic N) is 4. The number of methoxy groups -OCH3 is 1. The smallest absolute Gasteiger partial charge is 0.257 e. The van der Waals surface area contributed by atoms with Crippen LogP contribution in [0.1, 0.15) is 66.0 Å². The summed E-state index contributed by atoms with van der Waals surface area (Å²) >= 11 is 0. The second-order valence-corrected chi connectivity index (χ2v) is 8.84. The van der Waals surface area contributed by atoms with Crippen molar-refractivity contribution in [1.29, 1.82) is 0 Å². The van der Waals surface area contributed by atoms with Gasteiger partial charge < -0.3 is 19.5 Å². The Morgan fingerprint density at radius 3 is 2.67 bits per heavy atom. The van der Waals surface area contributed by atoms with E-state index in [1.807, 2.05) is 4.90 Å². The Morgan fingerprint density at radius 1 is 1.18 bits per heavy atom. The van der Waals surface area contributed by atoms with Crippen LogP contribution in [0.15, 0.2) is 15.5 Å². The molecule has 0 saturated heterocycles. The summed E-state index contributed by atoms with van der Waals surface area (Å²) in [5, 5.41) is 10.3. The lowest BCUT2D eigenvalue weighted by atomic mass is 9.86. The molecular weight excluding hydrogens is 426 g/mol. The molecule has 1 N–H and O–H groups in total. The van der Waals surface area contributed by atoms with E-state index in [0.29, 0.717) is 61.0 Å². The molecule has 33 heavy (non-hydrogen) atoms. The van der Waals surface area contributed by atoms with Gasteiger partial charge in [0.1, 0.15) is 22.7 Å². The van der Waals surface area contributed by atoms with Gasteiger partial charge in [-0.25, -0.2) is 4.63 Å². The second kappa shape index (κ2) is 10.2. The molecule has 1 saturated carbocycles. The van der Waals surface area contributed by atoms with E-state index in [-0.39, 0.29) is 29.7 Å². The van der Waals surface area contributed by atoms with Gasteiger partial charge in [0.2, 0.25) is 5.91 Å². The van der Waals surface area contributed by atoms with Crippen LogP contribution in [0.4, 0.5) is 0 Å². The number of rotatable bonds is 6. The Bertz CT molecular complexity index is 1070. The number of aryl methyl sites for hydroxylation is 1. The Hall–Kier alpha value is -3.17. The molecule has 0 aromatic carbocycles. The highest BCUT2D eigenvalue weighted by Crippen LogP contribution is 2.28. The quantitative estimate of drug-likeness (QED) is 0.703. The molecule has 1 aliphatic heterocycles. The molecule has 178 valence electrons. The minimum atomic E-state index is -0.375. The summed E-state index contributed by atoms with van der Waals surface area (Å²) in [6.45, 7) is 3.15. The van der Waals surface area contributed by atoms with Gasteiger partial charge in [-0.2, -0.15) is 0 Å². The number of carbonyl (C=O) groups excluding carboxylic acids is 2. The van der Waals surface area contributed by atoms with Gasteiger partial charge in [-0.15, -0.1) is 0 Å². The third-order valence-electron chi connectivity index (χ3n) is 6.74. The van der Waals surface area contributed by atoms with Crippen molar-refractivity contribution in [1.82, 2.24) is 25.1 Å². The topological polar surface area (TPSA) is 120 Å². The molecule has 10 nitrogen and oxygen atoms in total. The predicted octanol–water partition coefficient (Wildman–Crippen LogP) is 1.83. The van der Waals surface area contributed by atoms with Gasteiger partial charge in [0.15, 0.2) is 0 Å². The van der Waals surface area contributed by atoms with Crippen molar-refractivity contribution < 1.29 is 19.0 Å². The molecule has 2 aliphatic rings. The fourth-order valence-corrected chi connectivity index (χ4v) is 4.83. The van der Waals surface area contributed by atoms with Gasteiger partial charge in [-0.3, -0.25) is 14.4 Å². The van der Waals surface area contributed by atoms with Crippen molar-refractivity contribution in [2.75, 3.05) is 20.2 Å². The van der Waals surface area contributed by atoms with Crippen molar-refractivity contribution in [3.8, 4) is 5.75 Å². The van der Waals surface area contributed by atoms with Crippen molar-refractivity contribution in [3.05, 3.63) is 39.1 Å². The van der Waals surface area contributed by atoms with Crippen LogP contribution < -0.4 is 15.6 Å². The highest BCUT2D eigenvalue weighted by atomic mass is 16.6. The monoisotopic (exact) mass is 457 g/mol. The fourth-order valence-electron chi connectivity index (χ4n) is 4.83. The Labute approximate surface area is 192 Å². The van der Waals surface area contributed by atoms with E-state index in [2.05, 4.69) is 20.3 Å². The molecule has 0 bridgehead atoms. The maximum atomic E-state index is 13.1. The standard InChI is InChI=1S/C23H31N5O5/c1-15-17(26-33-25-15)14-24-23(31)22-18-8-9-27(20(29)12-16-6-4-3-5-7-16)10-11-28(18)21(30)13-19(22)32-2/h13,16H,3-12,14H2,1-2H3,(H,24,31). The first kappa shape index (κ1) is 23.0. The lowest BCUT2D eigenvalue weighted by molar-refractivity contribution is -0.132. The Balaban J connectivity index is 1.52. The van der Waals surface area contributed by atoms with Crippen LogP contribution in [0.5, 0.6) is 5.75 Å². The summed E-state index contributed by atoms with van der Waals surface area (Å²) in [5.41, 5.74) is 1.78. The zero-order valence-corrected chi connectivity index (χ0v) is 19.3. The third-order valence-corrected chi connectivity index (χ3v) is 6.74. The Morgan fingerprint density at radius 2 is 1.97 bits per heavy atom. The van der Waals surface area contributed by atoms with Crippen LogP contribution in [0.25, 0.3) is 0 Å². The lowest BCUT2D eigenvalue weighted by Crippen LogP contribution is -2.35. The molecule has 0 atom stereocenters. The summed E-state index contributed by atoms with van der Waals surface area (Å²) in [7, 11) is 1.44. The van der Waals surface area contributed by atoms with E-state index in [1.165, 1.54) is 32.4 Å². The van der Waals surface area contributed by atoms with E-state index < -0.39 is 0 Å². The number of amides is 2. The van der Waals surface area contributed by atoms with Crippen LogP contribution in [-0.2, 0) is 24.3 Å². The summed E-state index contributed by atoms with van der Waals surface area (Å²) in [6.07, 6.45) is 6.83. The molecule has 4 rings (SSSR count). The van der Waals surface area contributed by atoms with Gasteiger partial charge in [-0.05, 0) is 25.7 Å². The van der Waals surface area contributed by atoms with Gasteiger partial charge in [0, 0.05) is 44.2 Å². The van der Waals surface area contributed by atoms with E-state index in [0.717, 1.165) is 12.8 Å². The maximum absolute atomic E-state index is 13.1. The molecule has 0 spiro atoms. The SMILES string of the molecule is COc1cc(=O)n2c(c1C(=O)NCc1nonc1C)CCN(C(=O)CC1CCCCC1)CC2. The number of nitrogens with one attached hydrogen (secondary N) is 1. The average Bonchev–Trinajstić information content (AvgIpc) is 3.09. The third kappa shape index (κ3) is 5.09. The van der Waals surface area contributed by atoms with Gasteiger partial charge >= 0.3 is 0 Å². The number of hydrogen-bond acceptors (Lipinski definition) is 7. The number of hydrogen-bond donors (Lipinski definition) is 1. The van der Waals surface area contributed by atoms with E-state index in [4.69, 9.17) is 4.74 Å². The molecule has 2 aromatic rings. The van der Waals surface area contributed by atoms with Gasteiger partial charge in [-0.1, -0.05) is 29.6 Å². The lowest BCUT2D eigenvalue weighted by Gasteiger charge is -2.25. The van der Waals surface area contributed by atoms with E-state index >= 15 is 0 Å². The second-order valence-electron chi connectivity index (χ2n) is 8.84. The highest BCUT2D eigenvalue weighted by Gasteiger charge is 2.28. The summed E-state index contributed by atoms with van der Waals surface area (Å²) < 4.78 is 11.7. The van der Waals surface area contributed by atoms with Crippen LogP contribution in [0.3, 0.4) is 0 Å². The van der Waals surface area contributed by atoms with Crippen molar-refractivity contribution >= 4 is 11.8 Å². The molecule has 3 heterocycles. The number of pyridine rings is 1. The molecule has 10 heteroatoms. The molecule has 1 aliphatic carbocycles. The zero-order valence-electron chi connectivity index (χ0n) is 19.3. The number of aromatic nitrogens is 3. The minimum Gasteiger partial charge on any atom is -0.496 e. The van der Waals surface area contributed by atoms with Gasteiger partial charge in [0.05, 0.1) is 13.7 Å². The largest absolute Gasteiger partial charge is 0.496 e. The number of fused-ring (bicyclic) bond motifs is 1.